The van der Waals surface area contributed by atoms with Gasteiger partial charge in [0.1, 0.15) is 0 Å². The Kier molecular flexibility index (Phi) is 5.80. The second-order valence-electron chi connectivity index (χ2n) is 5.74. The summed E-state index contributed by atoms with van der Waals surface area (Å²) in [5, 5.41) is 9.09. The number of hydrogen-bond acceptors (Lipinski definition) is 4. The van der Waals surface area contributed by atoms with Crippen LogP contribution >= 0.6 is 0 Å². The number of aliphatic hydroxyl groups is 1. The van der Waals surface area contributed by atoms with Crippen molar-refractivity contribution in [2.24, 2.45) is 11.8 Å². The molecule has 2 saturated heterocycles. The standard InChI is InChI=1S/C13H26N2O4S/c1-2-13-12(5-8-19-13)9-14-20(17,18)15-6-3-11(10-16)4-7-15/h11-14,16H,2-10H2,1H3. The van der Waals surface area contributed by atoms with Crippen LogP contribution in [0.1, 0.15) is 32.6 Å². The second-order valence-corrected chi connectivity index (χ2v) is 7.50. The summed E-state index contributed by atoms with van der Waals surface area (Å²) in [7, 11) is -3.39. The van der Waals surface area contributed by atoms with Crippen molar-refractivity contribution in [3.8, 4) is 0 Å². The maximum Gasteiger partial charge on any atom is 0.279 e. The maximum atomic E-state index is 12.2. The van der Waals surface area contributed by atoms with Gasteiger partial charge in [0.15, 0.2) is 0 Å². The molecule has 0 aromatic carbocycles. The van der Waals surface area contributed by atoms with Crippen molar-refractivity contribution >= 4 is 10.2 Å². The van der Waals surface area contributed by atoms with Gasteiger partial charge in [0.25, 0.3) is 10.2 Å². The first-order chi connectivity index (χ1) is 9.56. The summed E-state index contributed by atoms with van der Waals surface area (Å²) in [6, 6.07) is 0. The number of hydrogen-bond donors (Lipinski definition) is 2. The number of aliphatic hydroxyl groups excluding tert-OH is 1. The topological polar surface area (TPSA) is 78.9 Å². The molecule has 0 amide bonds. The molecule has 2 rings (SSSR count). The molecule has 2 fully saturated rings. The predicted molar refractivity (Wildman–Crippen MR) is 76.4 cm³/mol. The largest absolute Gasteiger partial charge is 0.396 e. The molecule has 2 N–H and O–H groups in total. The van der Waals surface area contributed by atoms with Crippen LogP contribution in [0.25, 0.3) is 0 Å². The van der Waals surface area contributed by atoms with E-state index in [2.05, 4.69) is 11.6 Å². The van der Waals surface area contributed by atoms with E-state index in [1.165, 1.54) is 4.31 Å². The molecule has 2 heterocycles. The SMILES string of the molecule is CCC1OCCC1CNS(=O)(=O)N1CCC(CO)CC1. The summed E-state index contributed by atoms with van der Waals surface area (Å²) in [6.07, 6.45) is 3.50. The summed E-state index contributed by atoms with van der Waals surface area (Å²) >= 11 is 0. The van der Waals surface area contributed by atoms with Gasteiger partial charge < -0.3 is 9.84 Å². The van der Waals surface area contributed by atoms with E-state index in [0.29, 0.717) is 19.6 Å². The quantitative estimate of drug-likeness (QED) is 0.742. The third-order valence-electron chi connectivity index (χ3n) is 4.45. The first-order valence-electron chi connectivity index (χ1n) is 7.54. The zero-order valence-corrected chi connectivity index (χ0v) is 12.9. The first kappa shape index (κ1) is 16.2. The van der Waals surface area contributed by atoms with Crippen LogP contribution in [0.4, 0.5) is 0 Å². The molecule has 6 nitrogen and oxygen atoms in total. The third-order valence-corrected chi connectivity index (χ3v) is 6.02. The van der Waals surface area contributed by atoms with E-state index in [1.54, 1.807) is 0 Å². The Morgan fingerprint density at radius 2 is 2.00 bits per heavy atom. The minimum absolute atomic E-state index is 0.152. The van der Waals surface area contributed by atoms with Gasteiger partial charge in [-0.05, 0) is 31.6 Å². The molecule has 0 aliphatic carbocycles. The van der Waals surface area contributed by atoms with Gasteiger partial charge in [-0.1, -0.05) is 6.92 Å². The van der Waals surface area contributed by atoms with Crippen LogP contribution in [0.15, 0.2) is 0 Å². The van der Waals surface area contributed by atoms with Gasteiger partial charge in [0.2, 0.25) is 0 Å². The van der Waals surface area contributed by atoms with Gasteiger partial charge in [0, 0.05) is 38.8 Å². The number of nitrogens with one attached hydrogen (secondary N) is 1. The fourth-order valence-electron chi connectivity index (χ4n) is 3.01. The smallest absolute Gasteiger partial charge is 0.279 e. The van der Waals surface area contributed by atoms with Crippen LogP contribution in [0.2, 0.25) is 0 Å². The molecule has 0 spiro atoms. The molecule has 0 aromatic heterocycles. The molecule has 0 radical (unpaired) electrons. The monoisotopic (exact) mass is 306 g/mol. The minimum Gasteiger partial charge on any atom is -0.396 e. The summed E-state index contributed by atoms with van der Waals surface area (Å²) < 4.78 is 34.3. The highest BCUT2D eigenvalue weighted by molar-refractivity contribution is 7.87. The molecule has 0 saturated carbocycles. The average molecular weight is 306 g/mol. The number of piperidine rings is 1. The highest BCUT2D eigenvalue weighted by atomic mass is 32.2. The lowest BCUT2D eigenvalue weighted by atomic mass is 10.00. The van der Waals surface area contributed by atoms with E-state index in [0.717, 1.165) is 32.3 Å². The molecule has 2 atom stereocenters. The number of ether oxygens (including phenoxy) is 1. The lowest BCUT2D eigenvalue weighted by molar-refractivity contribution is 0.0883. The van der Waals surface area contributed by atoms with E-state index in [1.807, 2.05) is 0 Å². The van der Waals surface area contributed by atoms with Crippen molar-refractivity contribution in [2.75, 3.05) is 32.8 Å². The minimum atomic E-state index is -3.39. The summed E-state index contributed by atoms with van der Waals surface area (Å²) in [4.78, 5) is 0. The molecule has 0 bridgehead atoms. The molecule has 2 aliphatic rings. The van der Waals surface area contributed by atoms with Gasteiger partial charge in [-0.25, -0.2) is 4.72 Å². The van der Waals surface area contributed by atoms with Crippen molar-refractivity contribution in [2.45, 2.75) is 38.7 Å². The van der Waals surface area contributed by atoms with Crippen LogP contribution in [-0.4, -0.2) is 56.8 Å². The predicted octanol–water partition coefficient (Wildman–Crippen LogP) is 0.340. The van der Waals surface area contributed by atoms with Gasteiger partial charge >= 0.3 is 0 Å². The highest BCUT2D eigenvalue weighted by Crippen LogP contribution is 2.23. The Bertz CT molecular complexity index is 393. The lowest BCUT2D eigenvalue weighted by Crippen LogP contribution is -2.47. The Hall–Kier alpha value is -0.210. The maximum absolute atomic E-state index is 12.2. The second kappa shape index (κ2) is 7.17. The van der Waals surface area contributed by atoms with Crippen LogP contribution in [0.5, 0.6) is 0 Å². The van der Waals surface area contributed by atoms with Crippen molar-refractivity contribution in [1.29, 1.82) is 0 Å². The summed E-state index contributed by atoms with van der Waals surface area (Å²) in [5.41, 5.74) is 0. The zero-order chi connectivity index (χ0) is 14.6. The van der Waals surface area contributed by atoms with Crippen LogP contribution < -0.4 is 4.72 Å². The van der Waals surface area contributed by atoms with E-state index in [4.69, 9.17) is 9.84 Å². The Morgan fingerprint density at radius 3 is 2.60 bits per heavy atom. The molecular formula is C13H26N2O4S. The number of rotatable bonds is 6. The van der Waals surface area contributed by atoms with Gasteiger partial charge in [-0.3, -0.25) is 0 Å². The number of nitrogens with zero attached hydrogens (tertiary/aromatic N) is 1. The normalized spacial score (nSPS) is 29.9. The Morgan fingerprint density at radius 1 is 1.30 bits per heavy atom. The van der Waals surface area contributed by atoms with Crippen LogP contribution in [-0.2, 0) is 14.9 Å². The molecule has 2 unspecified atom stereocenters. The van der Waals surface area contributed by atoms with E-state index in [-0.39, 0.29) is 24.5 Å². The zero-order valence-electron chi connectivity index (χ0n) is 12.1. The van der Waals surface area contributed by atoms with Gasteiger partial charge in [0.05, 0.1) is 6.10 Å². The van der Waals surface area contributed by atoms with E-state index < -0.39 is 10.2 Å². The summed E-state index contributed by atoms with van der Waals surface area (Å²) in [5.74, 6) is 0.527. The fourth-order valence-corrected chi connectivity index (χ4v) is 4.31. The molecule has 2 aliphatic heterocycles. The van der Waals surface area contributed by atoms with Crippen LogP contribution in [0, 0.1) is 11.8 Å². The molecule has 118 valence electrons. The van der Waals surface area contributed by atoms with E-state index >= 15 is 0 Å². The van der Waals surface area contributed by atoms with Crippen molar-refractivity contribution in [3.63, 3.8) is 0 Å². The Balaban J connectivity index is 1.82. The highest BCUT2D eigenvalue weighted by Gasteiger charge is 2.31. The molecule has 20 heavy (non-hydrogen) atoms. The summed E-state index contributed by atoms with van der Waals surface area (Å²) in [6.45, 7) is 4.40. The van der Waals surface area contributed by atoms with Crippen LogP contribution in [0.3, 0.4) is 0 Å². The van der Waals surface area contributed by atoms with E-state index in [9.17, 15) is 8.42 Å². The van der Waals surface area contributed by atoms with Gasteiger partial charge in [-0.15, -0.1) is 0 Å². The molecule has 7 heteroatoms. The lowest BCUT2D eigenvalue weighted by Gasteiger charge is -2.30. The fraction of sp³-hybridized carbons (Fsp3) is 1.00. The molecule has 0 aromatic rings. The Labute approximate surface area is 121 Å². The first-order valence-corrected chi connectivity index (χ1v) is 8.98. The van der Waals surface area contributed by atoms with Gasteiger partial charge in [-0.2, -0.15) is 12.7 Å². The third kappa shape index (κ3) is 3.92. The molecular weight excluding hydrogens is 280 g/mol. The average Bonchev–Trinajstić information content (AvgIpc) is 2.93. The van der Waals surface area contributed by atoms with Crippen molar-refractivity contribution in [1.82, 2.24) is 9.03 Å². The van der Waals surface area contributed by atoms with Crippen molar-refractivity contribution in [3.05, 3.63) is 0 Å². The van der Waals surface area contributed by atoms with Crippen molar-refractivity contribution < 1.29 is 18.3 Å².